The predicted octanol–water partition coefficient (Wildman–Crippen LogP) is 3.50. The number of carbonyl (C=O) groups excluding carboxylic acids is 1. The van der Waals surface area contributed by atoms with Gasteiger partial charge in [-0.3, -0.25) is 4.79 Å². The smallest absolute Gasteiger partial charge is 0.406 e. The van der Waals surface area contributed by atoms with Crippen molar-refractivity contribution in [1.82, 2.24) is 0 Å². The first-order valence-electron chi connectivity index (χ1n) is 7.47. The highest BCUT2D eigenvalue weighted by atomic mass is 35.5. The summed E-state index contributed by atoms with van der Waals surface area (Å²) in [6, 6.07) is 12.4. The van der Waals surface area contributed by atoms with Crippen LogP contribution in [-0.2, 0) is 4.79 Å². The average Bonchev–Trinajstić information content (AvgIpc) is 2.54. The SMILES string of the molecule is C[C@@H]([NH2+]CC(=O)Nc1ccc(OC(F)(F)F)cc1)c1ccc(Cl)cc1. The first-order chi connectivity index (χ1) is 11.7. The number of hydrogen-bond donors (Lipinski definition) is 2. The van der Waals surface area contributed by atoms with Gasteiger partial charge in [0.2, 0.25) is 0 Å². The molecule has 8 heteroatoms. The van der Waals surface area contributed by atoms with Crippen LogP contribution in [0.25, 0.3) is 0 Å². The van der Waals surface area contributed by atoms with Crippen molar-refractivity contribution in [2.45, 2.75) is 19.3 Å². The molecule has 134 valence electrons. The van der Waals surface area contributed by atoms with Gasteiger partial charge in [0.05, 0.1) is 0 Å². The molecule has 0 saturated heterocycles. The van der Waals surface area contributed by atoms with Crippen LogP contribution in [0.4, 0.5) is 18.9 Å². The minimum Gasteiger partial charge on any atom is -0.406 e. The zero-order chi connectivity index (χ0) is 18.4. The summed E-state index contributed by atoms with van der Waals surface area (Å²) >= 11 is 5.84. The molecule has 0 spiro atoms. The van der Waals surface area contributed by atoms with Crippen molar-refractivity contribution in [2.24, 2.45) is 0 Å². The van der Waals surface area contributed by atoms with Crippen molar-refractivity contribution in [3.63, 3.8) is 0 Å². The van der Waals surface area contributed by atoms with Crippen molar-refractivity contribution in [3.05, 3.63) is 59.1 Å². The van der Waals surface area contributed by atoms with E-state index in [0.717, 1.165) is 17.7 Å². The Morgan fingerprint density at radius 2 is 1.76 bits per heavy atom. The van der Waals surface area contributed by atoms with E-state index >= 15 is 0 Å². The molecule has 0 fully saturated rings. The van der Waals surface area contributed by atoms with Gasteiger partial charge < -0.3 is 15.4 Å². The fraction of sp³-hybridized carbons (Fsp3) is 0.235. The highest BCUT2D eigenvalue weighted by Gasteiger charge is 2.30. The monoisotopic (exact) mass is 373 g/mol. The third kappa shape index (κ3) is 6.64. The third-order valence-electron chi connectivity index (χ3n) is 3.42. The molecule has 3 N–H and O–H groups in total. The van der Waals surface area contributed by atoms with E-state index in [-0.39, 0.29) is 24.2 Å². The zero-order valence-corrected chi connectivity index (χ0v) is 14.1. The lowest BCUT2D eigenvalue weighted by Gasteiger charge is -2.12. The van der Waals surface area contributed by atoms with Crippen molar-refractivity contribution >= 4 is 23.2 Å². The molecule has 0 bridgehead atoms. The van der Waals surface area contributed by atoms with Crippen LogP contribution in [-0.4, -0.2) is 18.8 Å². The largest absolute Gasteiger partial charge is 0.573 e. The van der Waals surface area contributed by atoms with E-state index in [2.05, 4.69) is 10.1 Å². The lowest BCUT2D eigenvalue weighted by Crippen LogP contribution is -2.86. The maximum absolute atomic E-state index is 12.1. The highest BCUT2D eigenvalue weighted by Crippen LogP contribution is 2.23. The molecule has 1 amide bonds. The molecule has 0 heterocycles. The van der Waals surface area contributed by atoms with Crippen molar-refractivity contribution in [3.8, 4) is 5.75 Å². The van der Waals surface area contributed by atoms with Crippen LogP contribution >= 0.6 is 11.6 Å². The number of carbonyl (C=O) groups is 1. The second-order valence-electron chi connectivity index (χ2n) is 5.40. The van der Waals surface area contributed by atoms with Crippen LogP contribution in [0.3, 0.4) is 0 Å². The summed E-state index contributed by atoms with van der Waals surface area (Å²) < 4.78 is 40.0. The first-order valence-corrected chi connectivity index (χ1v) is 7.85. The molecule has 1 atom stereocenters. The minimum atomic E-state index is -4.74. The van der Waals surface area contributed by atoms with E-state index < -0.39 is 6.36 Å². The van der Waals surface area contributed by atoms with Gasteiger partial charge in [0.25, 0.3) is 5.91 Å². The number of ether oxygens (including phenoxy) is 1. The molecule has 2 aromatic carbocycles. The van der Waals surface area contributed by atoms with E-state index in [0.29, 0.717) is 10.7 Å². The van der Waals surface area contributed by atoms with Crippen molar-refractivity contribution in [2.75, 3.05) is 11.9 Å². The summed E-state index contributed by atoms with van der Waals surface area (Å²) in [7, 11) is 0. The molecule has 0 radical (unpaired) electrons. The van der Waals surface area contributed by atoms with Crippen LogP contribution in [0.15, 0.2) is 48.5 Å². The van der Waals surface area contributed by atoms with E-state index in [4.69, 9.17) is 11.6 Å². The third-order valence-corrected chi connectivity index (χ3v) is 3.68. The maximum Gasteiger partial charge on any atom is 0.573 e. The van der Waals surface area contributed by atoms with Gasteiger partial charge in [-0.2, -0.15) is 0 Å². The van der Waals surface area contributed by atoms with Crippen LogP contribution in [0.1, 0.15) is 18.5 Å². The Balaban J connectivity index is 1.82. The lowest BCUT2D eigenvalue weighted by molar-refractivity contribution is -0.682. The Morgan fingerprint density at radius 3 is 2.32 bits per heavy atom. The fourth-order valence-electron chi connectivity index (χ4n) is 2.14. The number of anilines is 1. The Bertz CT molecular complexity index is 703. The van der Waals surface area contributed by atoms with E-state index in [1.165, 1.54) is 12.1 Å². The van der Waals surface area contributed by atoms with Gasteiger partial charge in [-0.25, -0.2) is 0 Å². The Hall–Kier alpha value is -2.25. The summed E-state index contributed by atoms with van der Waals surface area (Å²) in [6.45, 7) is 2.13. The minimum absolute atomic E-state index is 0.0607. The normalized spacial score (nSPS) is 12.5. The Labute approximate surface area is 147 Å². The van der Waals surface area contributed by atoms with E-state index in [1.807, 2.05) is 24.4 Å². The van der Waals surface area contributed by atoms with Crippen LogP contribution in [0.5, 0.6) is 5.75 Å². The Morgan fingerprint density at radius 1 is 1.16 bits per heavy atom. The predicted molar refractivity (Wildman–Crippen MR) is 88.4 cm³/mol. The summed E-state index contributed by atoms with van der Waals surface area (Å²) in [5, 5.41) is 5.11. The number of alkyl halides is 3. The number of halogens is 4. The number of quaternary nitrogens is 1. The van der Waals surface area contributed by atoms with Gasteiger partial charge in [0, 0.05) is 16.3 Å². The van der Waals surface area contributed by atoms with Gasteiger partial charge in [-0.15, -0.1) is 13.2 Å². The molecule has 2 aromatic rings. The number of hydrogen-bond acceptors (Lipinski definition) is 2. The summed E-state index contributed by atoms with van der Waals surface area (Å²) in [5.41, 5.74) is 1.43. The number of nitrogens with one attached hydrogen (secondary N) is 1. The number of benzene rings is 2. The van der Waals surface area contributed by atoms with Crippen molar-refractivity contribution in [1.29, 1.82) is 0 Å². The molecule has 0 aliphatic carbocycles. The molecule has 0 aliphatic rings. The van der Waals surface area contributed by atoms with Gasteiger partial charge >= 0.3 is 6.36 Å². The number of rotatable bonds is 6. The summed E-state index contributed by atoms with van der Waals surface area (Å²) in [4.78, 5) is 11.9. The number of nitrogens with two attached hydrogens (primary N) is 1. The fourth-order valence-corrected chi connectivity index (χ4v) is 2.26. The molecule has 2 rings (SSSR count). The molecule has 0 saturated carbocycles. The second kappa shape index (κ2) is 8.22. The Kier molecular flexibility index (Phi) is 6.27. The quantitative estimate of drug-likeness (QED) is 0.814. The van der Waals surface area contributed by atoms with Crippen LogP contribution in [0, 0.1) is 0 Å². The van der Waals surface area contributed by atoms with Gasteiger partial charge in [-0.1, -0.05) is 23.7 Å². The molecular weight excluding hydrogens is 357 g/mol. The summed E-state index contributed by atoms with van der Waals surface area (Å²) in [5.74, 6) is -0.598. The number of amides is 1. The lowest BCUT2D eigenvalue weighted by atomic mass is 10.1. The molecular formula is C17H17ClF3N2O2+. The molecule has 25 heavy (non-hydrogen) atoms. The molecule has 0 aromatic heterocycles. The second-order valence-corrected chi connectivity index (χ2v) is 5.84. The van der Waals surface area contributed by atoms with Gasteiger partial charge in [0.1, 0.15) is 11.8 Å². The van der Waals surface area contributed by atoms with Gasteiger partial charge in [-0.05, 0) is 43.3 Å². The highest BCUT2D eigenvalue weighted by molar-refractivity contribution is 6.30. The first kappa shape index (κ1) is 19.1. The van der Waals surface area contributed by atoms with Gasteiger partial charge in [0.15, 0.2) is 6.54 Å². The van der Waals surface area contributed by atoms with Crippen molar-refractivity contribution < 1.29 is 28.0 Å². The zero-order valence-electron chi connectivity index (χ0n) is 13.3. The van der Waals surface area contributed by atoms with Crippen LogP contribution in [0.2, 0.25) is 5.02 Å². The van der Waals surface area contributed by atoms with E-state index in [9.17, 15) is 18.0 Å². The van der Waals surface area contributed by atoms with Crippen LogP contribution < -0.4 is 15.4 Å². The molecule has 4 nitrogen and oxygen atoms in total. The summed E-state index contributed by atoms with van der Waals surface area (Å²) in [6.07, 6.45) is -4.74. The van der Waals surface area contributed by atoms with E-state index in [1.54, 1.807) is 12.1 Å². The molecule has 0 aliphatic heterocycles. The standard InChI is InChI=1S/C17H16ClF3N2O2/c1-11(12-2-4-13(18)5-3-12)22-10-16(24)23-14-6-8-15(9-7-14)25-17(19,20)21/h2-9,11,22H,10H2,1H3,(H,23,24)/p+1/t11-/m1/s1. The maximum atomic E-state index is 12.1. The molecule has 0 unspecified atom stereocenters. The average molecular weight is 374 g/mol. The topological polar surface area (TPSA) is 54.9 Å².